The summed E-state index contributed by atoms with van der Waals surface area (Å²) >= 11 is 8.29. The third-order valence-electron chi connectivity index (χ3n) is 1.68. The molecule has 1 heterocycles. The second kappa shape index (κ2) is 7.08. The van der Waals surface area contributed by atoms with Gasteiger partial charge in [-0.25, -0.2) is 0 Å². The normalized spacial score (nSPS) is 12.1. The highest BCUT2D eigenvalue weighted by Gasteiger charge is 2.27. The first kappa shape index (κ1) is 15.4. The van der Waals surface area contributed by atoms with Crippen LogP contribution < -0.4 is 5.32 Å². The third-order valence-corrected chi connectivity index (χ3v) is 4.94. The molecule has 1 aromatic heterocycles. The molecule has 0 spiro atoms. The van der Waals surface area contributed by atoms with Gasteiger partial charge >= 0.3 is 6.18 Å². The maximum absolute atomic E-state index is 11.7. The molecule has 0 saturated carbocycles. The molecule has 0 aliphatic rings. The summed E-state index contributed by atoms with van der Waals surface area (Å²) in [5, 5.41) is 3.00. The van der Waals surface area contributed by atoms with Gasteiger partial charge in [-0.05, 0) is 37.9 Å². The lowest BCUT2D eigenvalue weighted by Gasteiger charge is -2.07. The van der Waals surface area contributed by atoms with Crippen molar-refractivity contribution in [2.45, 2.75) is 12.7 Å². The Morgan fingerprint density at radius 3 is 2.59 bits per heavy atom. The van der Waals surface area contributed by atoms with E-state index in [1.54, 1.807) is 11.3 Å². The van der Waals surface area contributed by atoms with E-state index in [4.69, 9.17) is 0 Å². The summed E-state index contributed by atoms with van der Waals surface area (Å²) in [5.74, 6) is 0. The van der Waals surface area contributed by atoms with Gasteiger partial charge in [0, 0.05) is 22.4 Å². The second-order valence-corrected chi connectivity index (χ2v) is 6.49. The van der Waals surface area contributed by atoms with Crippen molar-refractivity contribution < 1.29 is 17.9 Å². The number of hydrogen-bond donors (Lipinski definition) is 1. The van der Waals surface area contributed by atoms with Crippen LogP contribution in [0.3, 0.4) is 0 Å². The molecule has 1 rings (SSSR count). The van der Waals surface area contributed by atoms with Crippen molar-refractivity contribution in [3.8, 4) is 0 Å². The number of nitrogens with one attached hydrogen (secondary N) is 1. The van der Waals surface area contributed by atoms with Gasteiger partial charge in [0.05, 0.1) is 10.4 Å². The predicted octanol–water partition coefficient (Wildman–Crippen LogP) is 3.94. The second-order valence-electron chi connectivity index (χ2n) is 3.18. The van der Waals surface area contributed by atoms with Crippen LogP contribution in [0.5, 0.6) is 0 Å². The molecular formula is C9H10Br2F3NOS. The fraction of sp³-hybridized carbons (Fsp3) is 0.556. The molecule has 0 radical (unpaired) electrons. The van der Waals surface area contributed by atoms with Crippen LogP contribution in [0.4, 0.5) is 13.2 Å². The molecule has 1 N–H and O–H groups in total. The number of halogens is 5. The summed E-state index contributed by atoms with van der Waals surface area (Å²) in [6, 6.07) is 1.96. The molecule has 0 bridgehead atoms. The maximum Gasteiger partial charge on any atom is 0.411 e. The Balaban J connectivity index is 2.09. The van der Waals surface area contributed by atoms with Crippen LogP contribution in [0.2, 0.25) is 0 Å². The van der Waals surface area contributed by atoms with Crippen molar-refractivity contribution in [1.29, 1.82) is 0 Å². The lowest BCUT2D eigenvalue weighted by molar-refractivity contribution is -0.173. The van der Waals surface area contributed by atoms with Crippen LogP contribution >= 0.6 is 43.2 Å². The minimum atomic E-state index is -4.25. The average Bonchev–Trinajstić information content (AvgIpc) is 2.50. The van der Waals surface area contributed by atoms with Crippen LogP contribution in [0.25, 0.3) is 0 Å². The van der Waals surface area contributed by atoms with Gasteiger partial charge < -0.3 is 10.1 Å². The zero-order valence-corrected chi connectivity index (χ0v) is 12.6. The molecule has 0 atom stereocenters. The van der Waals surface area contributed by atoms with Crippen molar-refractivity contribution in [2.24, 2.45) is 0 Å². The largest absolute Gasteiger partial charge is 0.411 e. The van der Waals surface area contributed by atoms with E-state index >= 15 is 0 Å². The molecular weight excluding hydrogens is 387 g/mol. The van der Waals surface area contributed by atoms with Crippen molar-refractivity contribution >= 4 is 43.2 Å². The number of rotatable bonds is 6. The topological polar surface area (TPSA) is 21.3 Å². The third kappa shape index (κ3) is 6.76. The first-order valence-electron chi connectivity index (χ1n) is 4.67. The Morgan fingerprint density at radius 1 is 1.35 bits per heavy atom. The molecule has 0 saturated heterocycles. The van der Waals surface area contributed by atoms with Crippen LogP contribution in [0.15, 0.2) is 14.3 Å². The summed E-state index contributed by atoms with van der Waals surface area (Å²) in [6.07, 6.45) is -4.25. The van der Waals surface area contributed by atoms with Gasteiger partial charge in [-0.3, -0.25) is 0 Å². The van der Waals surface area contributed by atoms with E-state index in [0.717, 1.165) is 13.1 Å². The van der Waals surface area contributed by atoms with E-state index in [9.17, 15) is 13.2 Å². The van der Waals surface area contributed by atoms with Crippen LogP contribution in [0, 0.1) is 0 Å². The zero-order valence-electron chi connectivity index (χ0n) is 8.61. The molecule has 2 nitrogen and oxygen atoms in total. The number of ether oxygens (including phenoxy) is 1. The van der Waals surface area contributed by atoms with Gasteiger partial charge in [0.15, 0.2) is 0 Å². The highest BCUT2D eigenvalue weighted by atomic mass is 79.9. The van der Waals surface area contributed by atoms with Crippen molar-refractivity contribution in [2.75, 3.05) is 19.8 Å². The highest BCUT2D eigenvalue weighted by molar-refractivity contribution is 9.13. The summed E-state index contributed by atoms with van der Waals surface area (Å²) in [7, 11) is 0. The smallest absolute Gasteiger partial charge is 0.371 e. The monoisotopic (exact) mass is 395 g/mol. The Morgan fingerprint density at radius 2 is 2.06 bits per heavy atom. The first-order valence-corrected chi connectivity index (χ1v) is 7.07. The van der Waals surface area contributed by atoms with Gasteiger partial charge in [0.25, 0.3) is 0 Å². The zero-order chi connectivity index (χ0) is 12.9. The van der Waals surface area contributed by atoms with Crippen LogP contribution in [-0.2, 0) is 11.3 Å². The molecule has 1 aromatic rings. The fourth-order valence-electron chi connectivity index (χ4n) is 1.02. The summed E-state index contributed by atoms with van der Waals surface area (Å²) < 4.78 is 41.6. The summed E-state index contributed by atoms with van der Waals surface area (Å²) in [4.78, 5) is 1.10. The van der Waals surface area contributed by atoms with E-state index < -0.39 is 12.8 Å². The van der Waals surface area contributed by atoms with Gasteiger partial charge in [-0.15, -0.1) is 11.3 Å². The molecule has 0 unspecified atom stereocenters. The minimum Gasteiger partial charge on any atom is -0.371 e. The van der Waals surface area contributed by atoms with E-state index in [-0.39, 0.29) is 6.61 Å². The van der Waals surface area contributed by atoms with Crippen molar-refractivity contribution in [1.82, 2.24) is 5.32 Å². The number of thiophene rings is 1. The molecule has 0 fully saturated rings. The van der Waals surface area contributed by atoms with E-state index in [0.29, 0.717) is 13.1 Å². The highest BCUT2D eigenvalue weighted by Crippen LogP contribution is 2.32. The SMILES string of the molecule is FC(F)(F)COCCNCc1cc(Br)c(Br)s1. The molecule has 0 amide bonds. The Bertz CT molecular complexity index is 337. The minimum absolute atomic E-state index is 0.0488. The van der Waals surface area contributed by atoms with E-state index in [2.05, 4.69) is 41.9 Å². The molecule has 0 aromatic carbocycles. The van der Waals surface area contributed by atoms with Crippen LogP contribution in [0.1, 0.15) is 4.88 Å². The molecule has 8 heteroatoms. The van der Waals surface area contributed by atoms with Crippen molar-refractivity contribution in [3.05, 3.63) is 19.2 Å². The molecule has 17 heavy (non-hydrogen) atoms. The lowest BCUT2D eigenvalue weighted by atomic mass is 10.4. The number of hydrogen-bond acceptors (Lipinski definition) is 3. The Hall–Kier alpha value is 0.370. The van der Waals surface area contributed by atoms with E-state index in [1.807, 2.05) is 6.07 Å². The van der Waals surface area contributed by atoms with Gasteiger partial charge in [-0.2, -0.15) is 13.2 Å². The maximum atomic E-state index is 11.7. The number of alkyl halides is 3. The predicted molar refractivity (Wildman–Crippen MR) is 68.3 cm³/mol. The molecule has 0 aliphatic heterocycles. The summed E-state index contributed by atoms with van der Waals surface area (Å²) in [5.41, 5.74) is 0. The fourth-order valence-corrected chi connectivity index (χ4v) is 3.17. The van der Waals surface area contributed by atoms with Gasteiger partial charge in [0.1, 0.15) is 6.61 Å². The van der Waals surface area contributed by atoms with Gasteiger partial charge in [0.2, 0.25) is 0 Å². The standard InChI is InChI=1S/C9H10Br2F3NOS/c10-7-3-6(17-8(7)11)4-15-1-2-16-5-9(12,13)14/h3,15H,1-2,4-5H2. The van der Waals surface area contributed by atoms with Crippen LogP contribution in [-0.4, -0.2) is 25.9 Å². The first-order chi connectivity index (χ1) is 7.88. The van der Waals surface area contributed by atoms with E-state index in [1.165, 1.54) is 0 Å². The quantitative estimate of drug-likeness (QED) is 0.735. The van der Waals surface area contributed by atoms with Crippen molar-refractivity contribution in [3.63, 3.8) is 0 Å². The van der Waals surface area contributed by atoms with Gasteiger partial charge in [-0.1, -0.05) is 0 Å². The Labute approximate surface area is 118 Å². The lowest BCUT2D eigenvalue weighted by Crippen LogP contribution is -2.23. The average molecular weight is 397 g/mol. The summed E-state index contributed by atoms with van der Waals surface area (Å²) in [6.45, 7) is -0.133. The molecule has 0 aliphatic carbocycles. The molecule has 98 valence electrons. The Kier molecular flexibility index (Phi) is 6.43.